The summed E-state index contributed by atoms with van der Waals surface area (Å²) in [4.78, 5) is 31.3. The van der Waals surface area contributed by atoms with Crippen molar-refractivity contribution in [3.8, 4) is 10.6 Å². The Hall–Kier alpha value is -3.00. The van der Waals surface area contributed by atoms with Crippen molar-refractivity contribution in [1.29, 1.82) is 0 Å². The summed E-state index contributed by atoms with van der Waals surface area (Å²) in [6.07, 6.45) is 1.60. The molecule has 2 heterocycles. The third kappa shape index (κ3) is 4.59. The number of carbonyl (C=O) groups excluding carboxylic acids is 2. The minimum Gasteiger partial charge on any atom is -0.346 e. The lowest BCUT2D eigenvalue weighted by Crippen LogP contribution is -2.42. The Morgan fingerprint density at radius 2 is 2.04 bits per heavy atom. The van der Waals surface area contributed by atoms with E-state index in [1.807, 2.05) is 44.2 Å². The van der Waals surface area contributed by atoms with Crippen LogP contribution in [0.1, 0.15) is 32.8 Å². The summed E-state index contributed by atoms with van der Waals surface area (Å²) < 4.78 is 0. The predicted octanol–water partition coefficient (Wildman–Crippen LogP) is 2.73. The van der Waals surface area contributed by atoms with E-state index in [0.29, 0.717) is 17.1 Å². The molecule has 7 nitrogen and oxygen atoms in total. The number of benzene rings is 1. The highest BCUT2D eigenvalue weighted by atomic mass is 32.1. The van der Waals surface area contributed by atoms with Gasteiger partial charge in [-0.2, -0.15) is 5.10 Å². The Morgan fingerprint density at radius 1 is 1.30 bits per heavy atom. The van der Waals surface area contributed by atoms with Gasteiger partial charge in [0.15, 0.2) is 0 Å². The number of nitrogens with one attached hydrogen (secondary N) is 2. The number of rotatable bonds is 6. The molecule has 2 N–H and O–H groups in total. The Morgan fingerprint density at radius 3 is 2.70 bits per heavy atom. The minimum atomic E-state index is -0.267. The molecule has 0 bridgehead atoms. The number of carbonyl (C=O) groups is 2. The molecule has 8 heteroatoms. The molecule has 0 radical (unpaired) electrons. The number of aromatic nitrogens is 3. The van der Waals surface area contributed by atoms with Gasteiger partial charge in [-0.3, -0.25) is 14.7 Å². The molecule has 0 unspecified atom stereocenters. The van der Waals surface area contributed by atoms with Gasteiger partial charge in [-0.15, -0.1) is 11.3 Å². The van der Waals surface area contributed by atoms with E-state index >= 15 is 0 Å². The maximum Gasteiger partial charge on any atom is 0.272 e. The monoisotopic (exact) mass is 383 g/mol. The molecule has 3 rings (SSSR count). The minimum absolute atomic E-state index is 0.119. The first-order valence-corrected chi connectivity index (χ1v) is 9.35. The third-order valence-electron chi connectivity index (χ3n) is 3.95. The molecule has 0 saturated heterocycles. The van der Waals surface area contributed by atoms with Crippen molar-refractivity contribution < 1.29 is 9.59 Å². The van der Waals surface area contributed by atoms with Crippen LogP contribution >= 0.6 is 11.3 Å². The molecule has 2 amide bonds. The second-order valence-corrected chi connectivity index (χ2v) is 7.42. The summed E-state index contributed by atoms with van der Waals surface area (Å²) in [6, 6.07) is 11.2. The third-order valence-corrected chi connectivity index (χ3v) is 4.98. The summed E-state index contributed by atoms with van der Waals surface area (Å²) in [6.45, 7) is 4.06. The van der Waals surface area contributed by atoms with E-state index in [1.165, 1.54) is 11.3 Å². The number of aryl methyl sites for hydroxylation is 1. The van der Waals surface area contributed by atoms with Gasteiger partial charge in [0.1, 0.15) is 15.6 Å². The van der Waals surface area contributed by atoms with Crippen LogP contribution in [0.3, 0.4) is 0 Å². The van der Waals surface area contributed by atoms with E-state index < -0.39 is 0 Å². The van der Waals surface area contributed by atoms with Gasteiger partial charge in [0.25, 0.3) is 11.8 Å². The SMILES string of the molecule is Cc1cc(C(=O)N[C@H](C)CN(C)C(=O)c2cnc(-c3ccccc3)s2)n[nH]1. The standard InChI is InChI=1S/C19H21N5O2S/c1-12-9-15(23-22-12)17(25)21-13(2)11-24(3)19(26)16-10-20-18(27-16)14-7-5-4-6-8-14/h4-10,13H,11H2,1-3H3,(H,21,25)(H,22,23)/t13-/m1/s1. The van der Waals surface area contributed by atoms with E-state index in [4.69, 9.17) is 0 Å². The second kappa shape index (κ2) is 8.13. The van der Waals surface area contributed by atoms with Crippen LogP contribution < -0.4 is 5.32 Å². The van der Waals surface area contributed by atoms with Gasteiger partial charge in [0.05, 0.1) is 6.20 Å². The normalized spacial score (nSPS) is 11.8. The van der Waals surface area contributed by atoms with Gasteiger partial charge >= 0.3 is 0 Å². The molecule has 2 aromatic heterocycles. The summed E-state index contributed by atoms with van der Waals surface area (Å²) >= 11 is 1.36. The molecule has 0 saturated carbocycles. The van der Waals surface area contributed by atoms with Crippen LogP contribution in [-0.4, -0.2) is 51.5 Å². The zero-order valence-electron chi connectivity index (χ0n) is 15.4. The van der Waals surface area contributed by atoms with Crippen LogP contribution in [0.2, 0.25) is 0 Å². The van der Waals surface area contributed by atoms with Crippen LogP contribution in [0.4, 0.5) is 0 Å². The molecular weight excluding hydrogens is 362 g/mol. The highest BCUT2D eigenvalue weighted by molar-refractivity contribution is 7.16. The van der Waals surface area contributed by atoms with E-state index in [-0.39, 0.29) is 17.9 Å². The quantitative estimate of drug-likeness (QED) is 0.685. The summed E-state index contributed by atoms with van der Waals surface area (Å²) in [5.41, 5.74) is 2.14. The first kappa shape index (κ1) is 18.8. The Balaban J connectivity index is 1.59. The fraction of sp³-hybridized carbons (Fsp3) is 0.263. The fourth-order valence-electron chi connectivity index (χ4n) is 2.65. The number of aromatic amines is 1. The Labute approximate surface area is 161 Å². The van der Waals surface area contributed by atoms with Crippen molar-refractivity contribution in [2.24, 2.45) is 0 Å². The number of H-pyrrole nitrogens is 1. The molecule has 140 valence electrons. The van der Waals surface area contributed by atoms with Crippen molar-refractivity contribution in [1.82, 2.24) is 25.4 Å². The zero-order chi connectivity index (χ0) is 19.4. The maximum absolute atomic E-state index is 12.7. The molecule has 1 atom stereocenters. The number of hydrogen-bond donors (Lipinski definition) is 2. The molecule has 0 aliphatic heterocycles. The fourth-order valence-corrected chi connectivity index (χ4v) is 3.56. The van der Waals surface area contributed by atoms with Crippen molar-refractivity contribution in [3.05, 3.63) is 58.9 Å². The lowest BCUT2D eigenvalue weighted by Gasteiger charge is -2.21. The van der Waals surface area contributed by atoms with Crippen molar-refractivity contribution in [2.75, 3.05) is 13.6 Å². The van der Waals surface area contributed by atoms with Gasteiger partial charge in [-0.25, -0.2) is 4.98 Å². The molecule has 0 aliphatic rings. The first-order chi connectivity index (χ1) is 12.9. The van der Waals surface area contributed by atoms with Crippen LogP contribution in [0.15, 0.2) is 42.6 Å². The lowest BCUT2D eigenvalue weighted by molar-refractivity contribution is 0.0772. The van der Waals surface area contributed by atoms with Crippen LogP contribution in [0.5, 0.6) is 0 Å². The van der Waals surface area contributed by atoms with Crippen LogP contribution in [0, 0.1) is 6.92 Å². The molecule has 0 fully saturated rings. The van der Waals surface area contributed by atoms with Gasteiger partial charge in [0, 0.05) is 30.9 Å². The van der Waals surface area contributed by atoms with E-state index in [1.54, 1.807) is 24.2 Å². The van der Waals surface area contributed by atoms with Gasteiger partial charge in [0.2, 0.25) is 0 Å². The van der Waals surface area contributed by atoms with Crippen molar-refractivity contribution in [3.63, 3.8) is 0 Å². The topological polar surface area (TPSA) is 91.0 Å². The summed E-state index contributed by atoms with van der Waals surface area (Å²) in [7, 11) is 1.71. The molecule has 27 heavy (non-hydrogen) atoms. The molecular formula is C19H21N5O2S. The lowest BCUT2D eigenvalue weighted by atomic mass is 10.2. The summed E-state index contributed by atoms with van der Waals surface area (Å²) in [5.74, 6) is -0.386. The number of thiazole rings is 1. The summed E-state index contributed by atoms with van der Waals surface area (Å²) in [5, 5.41) is 10.3. The predicted molar refractivity (Wildman–Crippen MR) is 105 cm³/mol. The highest BCUT2D eigenvalue weighted by Gasteiger charge is 2.19. The van der Waals surface area contributed by atoms with Gasteiger partial charge in [-0.05, 0) is 19.9 Å². The Kier molecular flexibility index (Phi) is 5.66. The number of hydrogen-bond acceptors (Lipinski definition) is 5. The van der Waals surface area contributed by atoms with E-state index in [0.717, 1.165) is 16.3 Å². The first-order valence-electron chi connectivity index (χ1n) is 8.53. The zero-order valence-corrected chi connectivity index (χ0v) is 16.2. The number of likely N-dealkylation sites (N-methyl/N-ethyl adjacent to an activating group) is 1. The van der Waals surface area contributed by atoms with Gasteiger partial charge in [-0.1, -0.05) is 30.3 Å². The van der Waals surface area contributed by atoms with E-state index in [9.17, 15) is 9.59 Å². The molecule has 0 aliphatic carbocycles. The largest absolute Gasteiger partial charge is 0.346 e. The smallest absolute Gasteiger partial charge is 0.272 e. The number of amides is 2. The molecule has 0 spiro atoms. The molecule has 3 aromatic rings. The van der Waals surface area contributed by atoms with Crippen LogP contribution in [-0.2, 0) is 0 Å². The van der Waals surface area contributed by atoms with Crippen LogP contribution in [0.25, 0.3) is 10.6 Å². The highest BCUT2D eigenvalue weighted by Crippen LogP contribution is 2.25. The van der Waals surface area contributed by atoms with Crippen molar-refractivity contribution in [2.45, 2.75) is 19.9 Å². The maximum atomic E-state index is 12.7. The van der Waals surface area contributed by atoms with Gasteiger partial charge < -0.3 is 10.2 Å². The average molecular weight is 383 g/mol. The average Bonchev–Trinajstić information content (AvgIpc) is 3.31. The van der Waals surface area contributed by atoms with E-state index in [2.05, 4.69) is 20.5 Å². The number of nitrogens with zero attached hydrogens (tertiary/aromatic N) is 3. The molecule has 1 aromatic carbocycles. The van der Waals surface area contributed by atoms with Crippen molar-refractivity contribution >= 4 is 23.2 Å². The Bertz CT molecular complexity index is 934. The second-order valence-electron chi connectivity index (χ2n) is 6.39.